The maximum atomic E-state index is 5.76. The molecule has 0 atom stereocenters. The van der Waals surface area contributed by atoms with E-state index < -0.39 is 8.07 Å². The number of fused-ring (bicyclic) bond motifs is 1. The topological polar surface area (TPSA) is 27.1 Å². The zero-order valence-electron chi connectivity index (χ0n) is 11.1. The van der Waals surface area contributed by atoms with Gasteiger partial charge in [0, 0.05) is 36.0 Å². The largest absolute Gasteiger partial charge is 0.361 e. The van der Waals surface area contributed by atoms with Crippen molar-refractivity contribution >= 4 is 41.7 Å². The van der Waals surface area contributed by atoms with Crippen LogP contribution in [0, 0.1) is 3.57 Å². The van der Waals surface area contributed by atoms with Crippen molar-refractivity contribution in [3.05, 3.63) is 28.1 Å². The highest BCUT2D eigenvalue weighted by Crippen LogP contribution is 2.19. The molecule has 0 fully saturated rings. The Morgan fingerprint density at radius 3 is 2.83 bits per heavy atom. The summed E-state index contributed by atoms with van der Waals surface area (Å²) >= 11 is 2.34. The van der Waals surface area contributed by atoms with Crippen LogP contribution >= 0.6 is 22.6 Å². The smallest absolute Gasteiger partial charge is 0.142 e. The third-order valence-corrected chi connectivity index (χ3v) is 5.48. The van der Waals surface area contributed by atoms with E-state index in [1.165, 1.54) is 15.0 Å². The lowest BCUT2D eigenvalue weighted by Crippen LogP contribution is -2.22. The maximum Gasteiger partial charge on any atom is 0.142 e. The Hall–Kier alpha value is -0.403. The number of pyridine rings is 1. The molecule has 0 saturated heterocycles. The van der Waals surface area contributed by atoms with Crippen LogP contribution in [0.2, 0.25) is 25.7 Å². The Morgan fingerprint density at radius 1 is 1.33 bits per heavy atom. The molecule has 0 aliphatic heterocycles. The van der Waals surface area contributed by atoms with Crippen LogP contribution in [0.25, 0.3) is 11.0 Å². The van der Waals surface area contributed by atoms with Crippen molar-refractivity contribution in [1.29, 1.82) is 0 Å². The summed E-state index contributed by atoms with van der Waals surface area (Å²) < 4.78 is 9.06. The second kappa shape index (κ2) is 5.71. The lowest BCUT2D eigenvalue weighted by molar-refractivity contribution is 0.0899. The van der Waals surface area contributed by atoms with Crippen LogP contribution in [0.1, 0.15) is 0 Å². The quantitative estimate of drug-likeness (QED) is 0.450. The average molecular weight is 374 g/mol. The summed E-state index contributed by atoms with van der Waals surface area (Å²) in [7, 11) is -0.993. The van der Waals surface area contributed by atoms with Crippen LogP contribution in [-0.4, -0.2) is 24.2 Å². The number of aromatic nitrogens is 2. The summed E-state index contributed by atoms with van der Waals surface area (Å²) in [5.74, 6) is 0. The van der Waals surface area contributed by atoms with Crippen molar-refractivity contribution in [2.75, 3.05) is 6.61 Å². The minimum absolute atomic E-state index is 0.598. The Bertz CT molecular complexity index is 533. The molecule has 18 heavy (non-hydrogen) atoms. The number of ether oxygens (including phenoxy) is 1. The molecular formula is C13H19IN2OSi. The highest BCUT2D eigenvalue weighted by atomic mass is 127. The van der Waals surface area contributed by atoms with Gasteiger partial charge in [-0.25, -0.2) is 4.98 Å². The van der Waals surface area contributed by atoms with Crippen molar-refractivity contribution in [3.63, 3.8) is 0 Å². The molecule has 3 nitrogen and oxygen atoms in total. The molecule has 0 bridgehead atoms. The van der Waals surface area contributed by atoms with Gasteiger partial charge in [-0.2, -0.15) is 0 Å². The zero-order valence-corrected chi connectivity index (χ0v) is 14.3. The Morgan fingerprint density at radius 2 is 2.11 bits per heavy atom. The highest BCUT2D eigenvalue weighted by molar-refractivity contribution is 14.1. The van der Waals surface area contributed by atoms with Crippen LogP contribution in [0.3, 0.4) is 0 Å². The fourth-order valence-corrected chi connectivity index (χ4v) is 3.04. The first-order valence-electron chi connectivity index (χ1n) is 6.14. The van der Waals surface area contributed by atoms with Gasteiger partial charge in [0.15, 0.2) is 0 Å². The van der Waals surface area contributed by atoms with Crippen LogP contribution in [0.4, 0.5) is 0 Å². The van der Waals surface area contributed by atoms with Crippen LogP contribution in [-0.2, 0) is 11.5 Å². The predicted octanol–water partition coefficient (Wildman–Crippen LogP) is 3.95. The van der Waals surface area contributed by atoms with Crippen molar-refractivity contribution in [1.82, 2.24) is 9.55 Å². The molecule has 0 aromatic carbocycles. The molecule has 2 heterocycles. The predicted molar refractivity (Wildman–Crippen MR) is 86.6 cm³/mol. The van der Waals surface area contributed by atoms with Gasteiger partial charge in [0.25, 0.3) is 0 Å². The van der Waals surface area contributed by atoms with Crippen LogP contribution in [0.5, 0.6) is 0 Å². The van der Waals surface area contributed by atoms with Gasteiger partial charge in [-0.15, -0.1) is 0 Å². The van der Waals surface area contributed by atoms with E-state index in [0.717, 1.165) is 12.3 Å². The molecule has 0 aliphatic rings. The minimum atomic E-state index is -0.993. The van der Waals surface area contributed by atoms with E-state index in [1.54, 1.807) is 0 Å². The number of hydrogen-bond acceptors (Lipinski definition) is 2. The molecule has 0 radical (unpaired) electrons. The first-order chi connectivity index (χ1) is 8.47. The molecule has 98 valence electrons. The normalized spacial score (nSPS) is 12.2. The van der Waals surface area contributed by atoms with Gasteiger partial charge in [-0.1, -0.05) is 19.6 Å². The number of rotatable bonds is 5. The van der Waals surface area contributed by atoms with Crippen LogP contribution < -0.4 is 0 Å². The summed E-state index contributed by atoms with van der Waals surface area (Å²) in [6.45, 7) is 8.54. The minimum Gasteiger partial charge on any atom is -0.361 e. The van der Waals surface area contributed by atoms with Gasteiger partial charge in [0.2, 0.25) is 0 Å². The average Bonchev–Trinajstić information content (AvgIpc) is 2.68. The van der Waals surface area contributed by atoms with Crippen LogP contribution in [0.15, 0.2) is 24.5 Å². The standard InChI is InChI=1S/C13H19IN2OSi/c1-18(2,3)9-8-17-10-16-7-5-11-12(14)4-6-15-13(11)16/h4-7H,8-10H2,1-3H3. The SMILES string of the molecule is C[Si](C)(C)CCOCn1ccc2c(I)ccnc21. The highest BCUT2D eigenvalue weighted by Gasteiger charge is 2.12. The van der Waals surface area contributed by atoms with Gasteiger partial charge in [0.05, 0.1) is 0 Å². The lowest BCUT2D eigenvalue weighted by Gasteiger charge is -2.15. The monoisotopic (exact) mass is 374 g/mol. The lowest BCUT2D eigenvalue weighted by atomic mass is 10.3. The molecule has 2 aromatic rings. The molecule has 0 amide bonds. The summed E-state index contributed by atoms with van der Waals surface area (Å²) in [4.78, 5) is 4.42. The third kappa shape index (κ3) is 3.55. The van der Waals surface area contributed by atoms with Crippen molar-refractivity contribution in [2.45, 2.75) is 32.4 Å². The molecule has 0 saturated carbocycles. The molecule has 2 rings (SSSR count). The van der Waals surface area contributed by atoms with E-state index in [2.05, 4.69) is 57.8 Å². The Balaban J connectivity index is 1.98. The molecule has 0 aliphatic carbocycles. The van der Waals surface area contributed by atoms with Gasteiger partial charge in [0.1, 0.15) is 12.4 Å². The molecular weight excluding hydrogens is 355 g/mol. The molecule has 5 heteroatoms. The van der Waals surface area contributed by atoms with E-state index in [4.69, 9.17) is 4.74 Å². The van der Waals surface area contributed by atoms with Gasteiger partial charge >= 0.3 is 0 Å². The van der Waals surface area contributed by atoms with E-state index in [-0.39, 0.29) is 0 Å². The Kier molecular flexibility index (Phi) is 4.44. The van der Waals surface area contributed by atoms with Gasteiger partial charge in [-0.3, -0.25) is 0 Å². The fraction of sp³-hybridized carbons (Fsp3) is 0.462. The number of hydrogen-bond donors (Lipinski definition) is 0. The second-order valence-corrected chi connectivity index (χ2v) is 12.4. The van der Waals surface area contributed by atoms with Crippen molar-refractivity contribution < 1.29 is 4.74 Å². The molecule has 2 aromatic heterocycles. The fourth-order valence-electron chi connectivity index (χ4n) is 1.70. The van der Waals surface area contributed by atoms with Gasteiger partial charge < -0.3 is 9.30 Å². The summed E-state index contributed by atoms with van der Waals surface area (Å²) in [6, 6.07) is 5.34. The van der Waals surface area contributed by atoms with E-state index in [1.807, 2.05) is 18.5 Å². The van der Waals surface area contributed by atoms with Crippen molar-refractivity contribution in [3.8, 4) is 0 Å². The molecule has 0 unspecified atom stereocenters. The third-order valence-electron chi connectivity index (χ3n) is 2.84. The first-order valence-corrected chi connectivity index (χ1v) is 10.9. The molecule has 0 spiro atoms. The Labute approximate surface area is 123 Å². The summed E-state index contributed by atoms with van der Waals surface area (Å²) in [5, 5.41) is 1.20. The van der Waals surface area contributed by atoms with E-state index in [9.17, 15) is 0 Å². The van der Waals surface area contributed by atoms with Crippen molar-refractivity contribution in [2.24, 2.45) is 0 Å². The van der Waals surface area contributed by atoms with Gasteiger partial charge in [-0.05, 0) is 40.8 Å². The van der Waals surface area contributed by atoms with E-state index >= 15 is 0 Å². The van der Waals surface area contributed by atoms with E-state index in [0.29, 0.717) is 6.73 Å². The summed E-state index contributed by atoms with van der Waals surface area (Å²) in [5.41, 5.74) is 1.01. The number of halogens is 1. The second-order valence-electron chi connectivity index (χ2n) is 5.66. The summed E-state index contributed by atoms with van der Waals surface area (Å²) in [6.07, 6.45) is 3.90. The maximum absolute atomic E-state index is 5.76. The zero-order chi connectivity index (χ0) is 13.2. The molecule has 0 N–H and O–H groups in total. The first kappa shape index (κ1) is 14.0. The number of nitrogens with zero attached hydrogens (tertiary/aromatic N) is 2.